The highest BCUT2D eigenvalue weighted by molar-refractivity contribution is 5.94. The van der Waals surface area contributed by atoms with Crippen LogP contribution in [0.3, 0.4) is 0 Å². The fourth-order valence-electron chi connectivity index (χ4n) is 3.36. The van der Waals surface area contributed by atoms with Gasteiger partial charge < -0.3 is 5.11 Å². The highest BCUT2D eigenvalue weighted by Crippen LogP contribution is 2.23. The number of benzene rings is 1. The first-order valence-corrected chi connectivity index (χ1v) is 10.8. The molecule has 162 valence electrons. The van der Waals surface area contributed by atoms with Crippen molar-refractivity contribution in [1.82, 2.24) is 19.7 Å². The van der Waals surface area contributed by atoms with Gasteiger partial charge in [-0.25, -0.2) is 19.4 Å². The van der Waals surface area contributed by atoms with Gasteiger partial charge in [-0.05, 0) is 30.0 Å². The number of Topliss-reactive ketones (excluding diaryl/α,β-unsaturated/α-hetero) is 1. The van der Waals surface area contributed by atoms with E-state index in [1.807, 2.05) is 28.9 Å². The molecule has 0 atom stereocenters. The van der Waals surface area contributed by atoms with Gasteiger partial charge in [0.2, 0.25) is 11.6 Å². The lowest BCUT2D eigenvalue weighted by molar-refractivity contribution is 0.0691. The Hall–Kier alpha value is -3.35. The predicted octanol–water partition coefficient (Wildman–Crippen LogP) is 4.80. The molecule has 0 aliphatic rings. The maximum absolute atomic E-state index is 12.4. The van der Waals surface area contributed by atoms with Crippen molar-refractivity contribution in [3.8, 4) is 11.1 Å². The zero-order valence-electron chi connectivity index (χ0n) is 18.0. The minimum atomic E-state index is -1.05. The molecule has 0 aliphatic carbocycles. The Balaban J connectivity index is 1.82. The van der Waals surface area contributed by atoms with Crippen LogP contribution < -0.4 is 0 Å². The van der Waals surface area contributed by atoms with Crippen molar-refractivity contribution in [2.75, 3.05) is 0 Å². The van der Waals surface area contributed by atoms with Crippen LogP contribution in [-0.4, -0.2) is 36.6 Å². The van der Waals surface area contributed by atoms with Gasteiger partial charge >= 0.3 is 5.97 Å². The molecule has 7 nitrogen and oxygen atoms in total. The van der Waals surface area contributed by atoms with Gasteiger partial charge in [0.1, 0.15) is 5.82 Å². The Morgan fingerprint density at radius 3 is 2.45 bits per heavy atom. The Bertz CT molecular complexity index is 1040. The van der Waals surface area contributed by atoms with Crippen molar-refractivity contribution in [2.45, 2.75) is 58.9 Å². The summed E-state index contributed by atoms with van der Waals surface area (Å²) in [6.45, 7) is 4.68. The van der Waals surface area contributed by atoms with Gasteiger partial charge in [-0.1, -0.05) is 57.0 Å². The molecule has 2 aromatic heterocycles. The highest BCUT2D eigenvalue weighted by Gasteiger charge is 2.17. The summed E-state index contributed by atoms with van der Waals surface area (Å²) in [5, 5.41) is 13.9. The standard InChI is InChI=1S/C24H28N4O3/c1-3-5-9-20(29)23-26-21(10-6-4-2)28(27-23)16-17-11-13-18(14-12-17)19-8-7-15-25-22(19)24(30)31/h7-8,11-15H,3-6,9-10,16H2,1-2H3,(H,30,31). The molecular formula is C24H28N4O3. The van der Waals surface area contributed by atoms with E-state index in [0.717, 1.165) is 49.1 Å². The summed E-state index contributed by atoms with van der Waals surface area (Å²) in [6.07, 6.45) is 6.55. The molecule has 3 aromatic rings. The summed E-state index contributed by atoms with van der Waals surface area (Å²) in [6, 6.07) is 11.1. The summed E-state index contributed by atoms with van der Waals surface area (Å²) in [5.41, 5.74) is 2.40. The minimum absolute atomic E-state index is 0.00789. The third-order valence-corrected chi connectivity index (χ3v) is 5.12. The van der Waals surface area contributed by atoms with E-state index in [4.69, 9.17) is 0 Å². The number of hydrogen-bond donors (Lipinski definition) is 1. The van der Waals surface area contributed by atoms with Crippen molar-refractivity contribution in [2.24, 2.45) is 0 Å². The average molecular weight is 421 g/mol. The van der Waals surface area contributed by atoms with Crippen LogP contribution in [0.2, 0.25) is 0 Å². The van der Waals surface area contributed by atoms with Crippen molar-refractivity contribution >= 4 is 11.8 Å². The number of carboxylic acid groups (broad SMARTS) is 1. The number of aromatic nitrogens is 4. The summed E-state index contributed by atoms with van der Waals surface area (Å²) in [4.78, 5) is 32.3. The number of nitrogens with zero attached hydrogens (tertiary/aromatic N) is 4. The SMILES string of the molecule is CCCCC(=O)c1nc(CCCC)n(Cc2ccc(-c3cccnc3C(=O)O)cc2)n1. The van der Waals surface area contributed by atoms with Gasteiger partial charge in [-0.3, -0.25) is 4.79 Å². The number of aromatic carboxylic acids is 1. The Morgan fingerprint density at radius 1 is 1.03 bits per heavy atom. The number of carboxylic acids is 1. The van der Waals surface area contributed by atoms with Gasteiger partial charge in [0.15, 0.2) is 5.69 Å². The van der Waals surface area contributed by atoms with Crippen LogP contribution in [0.15, 0.2) is 42.6 Å². The molecule has 1 N–H and O–H groups in total. The lowest BCUT2D eigenvalue weighted by atomic mass is 10.0. The first-order chi connectivity index (χ1) is 15.0. The molecule has 31 heavy (non-hydrogen) atoms. The number of hydrogen-bond acceptors (Lipinski definition) is 5. The molecule has 0 spiro atoms. The van der Waals surface area contributed by atoms with Crippen LogP contribution in [0.5, 0.6) is 0 Å². The van der Waals surface area contributed by atoms with Gasteiger partial charge in [0.05, 0.1) is 6.54 Å². The number of rotatable bonds is 11. The molecule has 0 aliphatic heterocycles. The maximum Gasteiger partial charge on any atom is 0.355 e. The quantitative estimate of drug-likeness (QED) is 0.447. The minimum Gasteiger partial charge on any atom is -0.476 e. The molecule has 0 fully saturated rings. The molecule has 0 amide bonds. The molecule has 3 rings (SSSR count). The molecule has 0 bridgehead atoms. The number of carbonyl (C=O) groups excluding carboxylic acids is 1. The number of ketones is 1. The average Bonchev–Trinajstić information content (AvgIpc) is 3.19. The predicted molar refractivity (Wildman–Crippen MR) is 118 cm³/mol. The second kappa shape index (κ2) is 10.6. The summed E-state index contributed by atoms with van der Waals surface area (Å²) in [7, 11) is 0. The van der Waals surface area contributed by atoms with E-state index >= 15 is 0 Å². The third-order valence-electron chi connectivity index (χ3n) is 5.12. The first-order valence-electron chi connectivity index (χ1n) is 10.8. The monoisotopic (exact) mass is 420 g/mol. The van der Waals surface area contributed by atoms with Crippen LogP contribution >= 0.6 is 0 Å². The molecule has 0 saturated heterocycles. The van der Waals surface area contributed by atoms with Crippen LogP contribution in [0.4, 0.5) is 0 Å². The number of carbonyl (C=O) groups is 2. The first kappa shape index (κ1) is 22.3. The van der Waals surface area contributed by atoms with E-state index < -0.39 is 5.97 Å². The van der Waals surface area contributed by atoms with Crippen molar-refractivity contribution in [1.29, 1.82) is 0 Å². The summed E-state index contributed by atoms with van der Waals surface area (Å²) < 4.78 is 1.82. The molecule has 0 radical (unpaired) electrons. The fourth-order valence-corrected chi connectivity index (χ4v) is 3.36. The Morgan fingerprint density at radius 2 is 1.77 bits per heavy atom. The molecule has 7 heteroatoms. The molecule has 0 saturated carbocycles. The van der Waals surface area contributed by atoms with E-state index in [1.54, 1.807) is 12.1 Å². The van der Waals surface area contributed by atoms with Gasteiger partial charge in [0.25, 0.3) is 0 Å². The Labute approximate surface area is 182 Å². The van der Waals surface area contributed by atoms with E-state index in [2.05, 4.69) is 28.9 Å². The van der Waals surface area contributed by atoms with E-state index in [9.17, 15) is 14.7 Å². The smallest absolute Gasteiger partial charge is 0.355 e. The highest BCUT2D eigenvalue weighted by atomic mass is 16.4. The zero-order chi connectivity index (χ0) is 22.2. The second-order valence-corrected chi connectivity index (χ2v) is 7.54. The summed E-state index contributed by atoms with van der Waals surface area (Å²) >= 11 is 0. The van der Waals surface area contributed by atoms with E-state index in [-0.39, 0.29) is 11.5 Å². The van der Waals surface area contributed by atoms with Crippen molar-refractivity contribution < 1.29 is 14.7 Å². The zero-order valence-corrected chi connectivity index (χ0v) is 18.0. The van der Waals surface area contributed by atoms with Crippen LogP contribution in [0.25, 0.3) is 11.1 Å². The van der Waals surface area contributed by atoms with Crippen LogP contribution in [0.1, 0.15) is 78.4 Å². The lowest BCUT2D eigenvalue weighted by Gasteiger charge is -2.08. The van der Waals surface area contributed by atoms with Gasteiger partial charge in [-0.2, -0.15) is 0 Å². The largest absolute Gasteiger partial charge is 0.476 e. The number of aryl methyl sites for hydroxylation is 1. The van der Waals surface area contributed by atoms with Gasteiger partial charge in [-0.15, -0.1) is 5.10 Å². The summed E-state index contributed by atoms with van der Waals surface area (Å²) in [5.74, 6) is 0.0680. The van der Waals surface area contributed by atoms with Crippen LogP contribution in [0, 0.1) is 0 Å². The second-order valence-electron chi connectivity index (χ2n) is 7.54. The van der Waals surface area contributed by atoms with E-state index in [0.29, 0.717) is 24.4 Å². The molecular weight excluding hydrogens is 392 g/mol. The number of pyridine rings is 1. The third kappa shape index (κ3) is 5.63. The van der Waals surface area contributed by atoms with Crippen molar-refractivity contribution in [3.05, 3.63) is 65.5 Å². The van der Waals surface area contributed by atoms with E-state index in [1.165, 1.54) is 6.20 Å². The Kier molecular flexibility index (Phi) is 7.65. The number of unbranched alkanes of at least 4 members (excludes halogenated alkanes) is 2. The molecule has 0 unspecified atom stereocenters. The maximum atomic E-state index is 12.4. The normalized spacial score (nSPS) is 10.9. The van der Waals surface area contributed by atoms with Gasteiger partial charge in [0, 0.05) is 24.6 Å². The fraction of sp³-hybridized carbons (Fsp3) is 0.375. The topological polar surface area (TPSA) is 98.0 Å². The van der Waals surface area contributed by atoms with Crippen LogP contribution in [-0.2, 0) is 13.0 Å². The van der Waals surface area contributed by atoms with Crippen molar-refractivity contribution in [3.63, 3.8) is 0 Å². The molecule has 2 heterocycles. The molecule has 1 aromatic carbocycles. The lowest BCUT2D eigenvalue weighted by Crippen LogP contribution is -2.08.